The van der Waals surface area contributed by atoms with Gasteiger partial charge in [-0.2, -0.15) is 0 Å². The van der Waals surface area contributed by atoms with Crippen molar-refractivity contribution in [2.45, 2.75) is 439 Å². The highest BCUT2D eigenvalue weighted by molar-refractivity contribution is 5.77. The summed E-state index contributed by atoms with van der Waals surface area (Å²) in [5, 5.41) is 136. The van der Waals surface area contributed by atoms with Crippen LogP contribution in [-0.4, -0.2) is 215 Å². The van der Waals surface area contributed by atoms with Gasteiger partial charge in [0.15, 0.2) is 12.6 Å². The molecule has 0 aromatic rings. The molecule has 3 heterocycles. The van der Waals surface area contributed by atoms with Gasteiger partial charge in [0.25, 0.3) is 5.79 Å². The highest BCUT2D eigenvalue weighted by Crippen LogP contribution is 2.39. The Kier molecular flexibility index (Phi) is 54.2. The van der Waals surface area contributed by atoms with Crippen molar-refractivity contribution in [3.8, 4) is 0 Å². The van der Waals surface area contributed by atoms with Crippen molar-refractivity contribution in [1.82, 2.24) is 10.6 Å². The summed E-state index contributed by atoms with van der Waals surface area (Å²) in [7, 11) is 0. The number of carboxylic acids is 1. The van der Waals surface area contributed by atoms with Crippen LogP contribution in [0.4, 0.5) is 0 Å². The summed E-state index contributed by atoms with van der Waals surface area (Å²) in [4.78, 5) is 38.7. The first-order valence-electron chi connectivity index (χ1n) is 41.2. The molecule has 3 saturated heterocycles. The van der Waals surface area contributed by atoms with Crippen molar-refractivity contribution in [2.24, 2.45) is 0 Å². The van der Waals surface area contributed by atoms with Gasteiger partial charge in [0, 0.05) is 19.8 Å². The first kappa shape index (κ1) is 94.4. The van der Waals surface area contributed by atoms with Gasteiger partial charge in [-0.25, -0.2) is 4.79 Å². The van der Waals surface area contributed by atoms with Gasteiger partial charge < -0.3 is 100 Å². The molecular weight excluding hydrogens is 1320 g/mol. The highest BCUT2D eigenvalue weighted by Gasteiger charge is 2.60. The highest BCUT2D eigenvalue weighted by atomic mass is 16.8. The Morgan fingerprint density at radius 1 is 0.505 bits per heavy atom. The number of hydrogen-bond acceptors (Lipinski definition) is 20. The van der Waals surface area contributed by atoms with Gasteiger partial charge in [0.05, 0.1) is 50.7 Å². The topological polar surface area (TPSA) is 373 Å². The molecule has 3 rings (SSSR count). The summed E-state index contributed by atoms with van der Waals surface area (Å²) in [6, 6.07) is -2.62. The second-order valence-electron chi connectivity index (χ2n) is 30.0. The number of allylic oxidation sites excluding steroid dienone is 3. The Balaban J connectivity index is 1.51. The minimum absolute atomic E-state index is 0.201. The zero-order valence-corrected chi connectivity index (χ0v) is 63.9. The number of carbonyl (C=O) groups excluding carboxylic acids is 2. The van der Waals surface area contributed by atoms with E-state index in [1.807, 2.05) is 6.08 Å². The van der Waals surface area contributed by atoms with Gasteiger partial charge in [-0.3, -0.25) is 9.59 Å². The lowest BCUT2D eigenvalue weighted by Gasteiger charge is -2.50. The quantitative estimate of drug-likeness (QED) is 0.0199. The average molecular weight is 1470 g/mol. The maximum Gasteiger partial charge on any atom is 0.364 e. The van der Waals surface area contributed by atoms with Crippen LogP contribution >= 0.6 is 0 Å². The normalized spacial score (nSPS) is 26.6. The molecule has 3 aliphatic rings. The summed E-state index contributed by atoms with van der Waals surface area (Å²) >= 11 is 0. The number of rotatable bonds is 65. The minimum atomic E-state index is -3.08. The summed E-state index contributed by atoms with van der Waals surface area (Å²) in [5.41, 5.74) is 0. The standard InChI is InChI=1S/C80H148N2O21/c1-4-6-8-10-12-14-16-18-20-22-24-26-28-29-30-31-32-34-36-38-40-42-44-46-48-50-52-54-67(90)82-61(62(87)53-51-49-47-45-43-41-39-37-35-33-27-25-23-21-19-17-15-13-11-9-7-5-2)59-98-77-72(94)71(93)74(66(58-85)100-77)101-78-73(95)76(70(92)65(57-84)99-78)103-80(79(96)97)55-63(88)68(81-60(3)86)75(102-80)69(91)64(89)56-83/h29-30,51,53,61-66,68-78,83-85,87-89,91-95H,4-28,31-50,52,54-59H2,1-3H3,(H,81,86)(H,82,90)(H,96,97)/b30-29-,53-51+. The van der Waals surface area contributed by atoms with E-state index >= 15 is 0 Å². The monoisotopic (exact) mass is 1470 g/mol. The number of aliphatic carboxylic acids is 1. The van der Waals surface area contributed by atoms with Crippen LogP contribution in [-0.2, 0) is 42.8 Å². The van der Waals surface area contributed by atoms with E-state index < -0.39 is 155 Å². The number of unbranched alkanes of at least 4 members (excludes halogenated alkanes) is 43. The Hall–Kier alpha value is -2.79. The van der Waals surface area contributed by atoms with E-state index in [-0.39, 0.29) is 12.3 Å². The zero-order chi connectivity index (χ0) is 75.3. The van der Waals surface area contributed by atoms with Crippen LogP contribution in [0.2, 0.25) is 0 Å². The van der Waals surface area contributed by atoms with E-state index in [9.17, 15) is 75.7 Å². The lowest BCUT2D eigenvalue weighted by atomic mass is 9.88. The number of aliphatic hydroxyl groups excluding tert-OH is 11. The van der Waals surface area contributed by atoms with Gasteiger partial charge in [-0.05, 0) is 44.9 Å². The van der Waals surface area contributed by atoms with Gasteiger partial charge >= 0.3 is 5.97 Å². The fourth-order valence-electron chi connectivity index (χ4n) is 14.4. The molecule has 0 saturated carbocycles. The van der Waals surface area contributed by atoms with Crippen molar-refractivity contribution in [3.63, 3.8) is 0 Å². The molecule has 103 heavy (non-hydrogen) atoms. The second-order valence-corrected chi connectivity index (χ2v) is 30.0. The fraction of sp³-hybridized carbons (Fsp3) is 0.912. The van der Waals surface area contributed by atoms with E-state index in [1.54, 1.807) is 6.08 Å². The number of carboxylic acid groups (broad SMARTS) is 1. The van der Waals surface area contributed by atoms with Crippen molar-refractivity contribution in [1.29, 1.82) is 0 Å². The molecule has 0 aliphatic carbocycles. The van der Waals surface area contributed by atoms with Gasteiger partial charge in [-0.1, -0.05) is 289 Å². The number of amides is 2. The molecule has 0 aromatic carbocycles. The molecular formula is C80H148N2O21. The molecule has 14 N–H and O–H groups in total. The molecule has 23 nitrogen and oxygen atoms in total. The maximum atomic E-state index is 13.5. The number of carbonyl (C=O) groups is 3. The van der Waals surface area contributed by atoms with Crippen LogP contribution in [0, 0.1) is 0 Å². The molecule has 604 valence electrons. The predicted octanol–water partition coefficient (Wildman–Crippen LogP) is 11.1. The van der Waals surface area contributed by atoms with Crippen molar-refractivity contribution < 1.29 is 104 Å². The van der Waals surface area contributed by atoms with E-state index in [2.05, 4.69) is 36.6 Å². The maximum absolute atomic E-state index is 13.5. The van der Waals surface area contributed by atoms with Crippen LogP contribution in [0.25, 0.3) is 0 Å². The number of nitrogens with one attached hydrogen (secondary N) is 2. The lowest BCUT2D eigenvalue weighted by Crippen LogP contribution is -2.70. The summed E-state index contributed by atoms with van der Waals surface area (Å²) in [6.45, 7) is 2.19. The first-order valence-corrected chi connectivity index (χ1v) is 41.2. The SMILES string of the molecule is CCCCCCCCCCCCCC/C=C\CCCCCCCCCCCCCC(=O)NC(COC1OC(CO)C(OC2OC(CO)C(O)C(OC3(C(=O)O)CC(O)C(NC(C)=O)C(C(O)C(O)CO)O3)C2O)C(O)C1O)C(O)/C=C/CCCCCCCCCCCCCCCCCCCCCC. The Bertz CT molecular complexity index is 2150. The zero-order valence-electron chi connectivity index (χ0n) is 63.9. The Morgan fingerprint density at radius 2 is 0.913 bits per heavy atom. The molecule has 0 bridgehead atoms. The predicted molar refractivity (Wildman–Crippen MR) is 398 cm³/mol. The minimum Gasteiger partial charge on any atom is -0.477 e. The second kappa shape index (κ2) is 59.1. The number of ether oxygens (including phenoxy) is 6. The van der Waals surface area contributed by atoms with Crippen molar-refractivity contribution >= 4 is 17.8 Å². The van der Waals surface area contributed by atoms with E-state index in [1.165, 1.54) is 238 Å². The van der Waals surface area contributed by atoms with Crippen LogP contribution in [0.15, 0.2) is 24.3 Å². The first-order chi connectivity index (χ1) is 49.9. The molecule has 0 spiro atoms. The van der Waals surface area contributed by atoms with Crippen LogP contribution in [0.5, 0.6) is 0 Å². The third-order valence-electron chi connectivity index (χ3n) is 20.9. The lowest BCUT2D eigenvalue weighted by molar-refractivity contribution is -0.386. The third-order valence-corrected chi connectivity index (χ3v) is 20.9. The van der Waals surface area contributed by atoms with Gasteiger partial charge in [-0.15, -0.1) is 0 Å². The average Bonchev–Trinajstić information content (AvgIpc) is 0.754. The number of aliphatic hydroxyl groups is 11. The fourth-order valence-corrected chi connectivity index (χ4v) is 14.4. The Labute approximate surface area is 619 Å². The molecule has 2 amide bonds. The molecule has 0 radical (unpaired) electrons. The summed E-state index contributed by atoms with van der Waals surface area (Å²) in [5.74, 6) is -6.14. The molecule has 3 aliphatic heterocycles. The molecule has 3 fully saturated rings. The van der Waals surface area contributed by atoms with Gasteiger partial charge in [0.1, 0.15) is 67.1 Å². The van der Waals surface area contributed by atoms with Crippen molar-refractivity contribution in [2.75, 3.05) is 26.4 Å². The van der Waals surface area contributed by atoms with Crippen LogP contribution < -0.4 is 10.6 Å². The van der Waals surface area contributed by atoms with Crippen LogP contribution in [0.1, 0.15) is 329 Å². The molecule has 18 atom stereocenters. The largest absolute Gasteiger partial charge is 0.477 e. The van der Waals surface area contributed by atoms with Crippen LogP contribution in [0.3, 0.4) is 0 Å². The van der Waals surface area contributed by atoms with E-state index in [4.69, 9.17) is 28.4 Å². The molecule has 0 aromatic heterocycles. The molecule has 18 unspecified atom stereocenters. The smallest absolute Gasteiger partial charge is 0.364 e. The summed E-state index contributed by atoms with van der Waals surface area (Å²) in [6.07, 6.45) is 36.4. The molecule has 23 heteroatoms. The van der Waals surface area contributed by atoms with Gasteiger partial charge in [0.2, 0.25) is 11.8 Å². The third kappa shape index (κ3) is 39.4. The van der Waals surface area contributed by atoms with E-state index in [0.29, 0.717) is 12.8 Å². The Morgan fingerprint density at radius 3 is 1.32 bits per heavy atom. The van der Waals surface area contributed by atoms with E-state index in [0.717, 1.165) is 51.9 Å². The number of hydrogen-bond donors (Lipinski definition) is 14. The summed E-state index contributed by atoms with van der Waals surface area (Å²) < 4.78 is 34.9. The van der Waals surface area contributed by atoms with Crippen molar-refractivity contribution in [3.05, 3.63) is 24.3 Å².